The first-order chi connectivity index (χ1) is 13.6. The number of carboxylic acid groups (broad SMARTS) is 1. The average molecular weight is 392 g/mol. The Labute approximate surface area is 172 Å². The smallest absolute Gasteiger partial charge is 0.336 e. The third-order valence-electron chi connectivity index (χ3n) is 4.73. The molecular weight excluding hydrogens is 362 g/mol. The molecule has 29 heavy (non-hydrogen) atoms. The molecule has 1 N–H and O–H groups in total. The average Bonchev–Trinajstić information content (AvgIpc) is 3.04. The Hall–Kier alpha value is -2.95. The molecule has 1 aromatic heterocycles. The van der Waals surface area contributed by atoms with Gasteiger partial charge in [-0.2, -0.15) is 5.10 Å². The minimum atomic E-state index is -0.916. The molecule has 0 saturated heterocycles. The van der Waals surface area contributed by atoms with Gasteiger partial charge in [0.15, 0.2) is 5.82 Å². The van der Waals surface area contributed by atoms with Crippen molar-refractivity contribution in [2.75, 3.05) is 0 Å². The summed E-state index contributed by atoms with van der Waals surface area (Å²) in [6, 6.07) is 15.1. The van der Waals surface area contributed by atoms with Crippen molar-refractivity contribution in [3.63, 3.8) is 0 Å². The Balaban J connectivity index is 1.89. The summed E-state index contributed by atoms with van der Waals surface area (Å²) in [5.74, 6) is 1.43. The molecule has 152 valence electrons. The summed E-state index contributed by atoms with van der Waals surface area (Å²) in [6.07, 6.45) is 1.55. The fourth-order valence-corrected chi connectivity index (χ4v) is 3.40. The predicted molar refractivity (Wildman–Crippen MR) is 115 cm³/mol. The van der Waals surface area contributed by atoms with E-state index in [9.17, 15) is 9.90 Å². The number of carboxylic acids is 1. The van der Waals surface area contributed by atoms with Crippen LogP contribution in [0.2, 0.25) is 0 Å². The van der Waals surface area contributed by atoms with Gasteiger partial charge >= 0.3 is 5.97 Å². The van der Waals surface area contributed by atoms with Crippen LogP contribution in [0.15, 0.2) is 48.5 Å². The van der Waals surface area contributed by atoms with Crippen molar-refractivity contribution in [3.8, 4) is 11.1 Å². The Morgan fingerprint density at radius 3 is 2.31 bits per heavy atom. The molecule has 0 unspecified atom stereocenters. The second-order valence-corrected chi connectivity index (χ2v) is 8.85. The molecule has 3 rings (SSSR count). The summed E-state index contributed by atoms with van der Waals surface area (Å²) in [5, 5.41) is 14.2. The SMILES string of the molecule is CC(C)Cc1nc(Cc2ccc(-c3ccccc3C(=O)O)cc2)n(C(C)(C)C)n1. The van der Waals surface area contributed by atoms with E-state index in [4.69, 9.17) is 10.1 Å². The number of hydrogen-bond donors (Lipinski definition) is 1. The summed E-state index contributed by atoms with van der Waals surface area (Å²) in [6.45, 7) is 10.7. The fourth-order valence-electron chi connectivity index (χ4n) is 3.40. The number of benzene rings is 2. The van der Waals surface area contributed by atoms with Gasteiger partial charge in [-0.1, -0.05) is 56.3 Å². The van der Waals surface area contributed by atoms with Crippen molar-refractivity contribution < 1.29 is 9.90 Å². The van der Waals surface area contributed by atoms with E-state index in [-0.39, 0.29) is 5.54 Å². The van der Waals surface area contributed by atoms with E-state index in [1.807, 2.05) is 41.1 Å². The van der Waals surface area contributed by atoms with E-state index in [1.54, 1.807) is 12.1 Å². The lowest BCUT2D eigenvalue weighted by molar-refractivity contribution is 0.0697. The van der Waals surface area contributed by atoms with Crippen molar-refractivity contribution in [1.29, 1.82) is 0 Å². The molecule has 0 fully saturated rings. The Bertz CT molecular complexity index is 996. The highest BCUT2D eigenvalue weighted by Crippen LogP contribution is 2.25. The molecule has 5 nitrogen and oxygen atoms in total. The van der Waals surface area contributed by atoms with Crippen LogP contribution >= 0.6 is 0 Å². The standard InChI is InChI=1S/C24H29N3O2/c1-16(2)14-21-25-22(27(26-21)24(3,4)5)15-17-10-12-18(13-11-17)19-8-6-7-9-20(19)23(28)29/h6-13,16H,14-15H2,1-5H3,(H,28,29). The second kappa shape index (κ2) is 8.19. The molecule has 0 aliphatic carbocycles. The molecule has 1 heterocycles. The monoisotopic (exact) mass is 391 g/mol. The molecule has 0 aliphatic rings. The van der Waals surface area contributed by atoms with Gasteiger partial charge in [-0.15, -0.1) is 0 Å². The van der Waals surface area contributed by atoms with Crippen molar-refractivity contribution >= 4 is 5.97 Å². The van der Waals surface area contributed by atoms with Crippen LogP contribution in [-0.2, 0) is 18.4 Å². The van der Waals surface area contributed by atoms with Crippen molar-refractivity contribution in [2.24, 2.45) is 5.92 Å². The normalized spacial score (nSPS) is 11.8. The molecule has 0 amide bonds. The van der Waals surface area contributed by atoms with Crippen molar-refractivity contribution in [2.45, 2.75) is 53.0 Å². The fraction of sp³-hybridized carbons (Fsp3) is 0.375. The number of hydrogen-bond acceptors (Lipinski definition) is 3. The number of rotatable bonds is 6. The third kappa shape index (κ3) is 4.91. The van der Waals surface area contributed by atoms with Crippen LogP contribution in [0.4, 0.5) is 0 Å². The summed E-state index contributed by atoms with van der Waals surface area (Å²) in [4.78, 5) is 16.3. The maximum atomic E-state index is 11.5. The highest BCUT2D eigenvalue weighted by molar-refractivity contribution is 5.95. The van der Waals surface area contributed by atoms with Gasteiger partial charge < -0.3 is 5.11 Å². The number of aromatic carboxylic acids is 1. The minimum Gasteiger partial charge on any atom is -0.478 e. The first-order valence-corrected chi connectivity index (χ1v) is 10.0. The molecule has 0 atom stereocenters. The lowest BCUT2D eigenvalue weighted by Crippen LogP contribution is -2.25. The Morgan fingerprint density at radius 2 is 1.72 bits per heavy atom. The first-order valence-electron chi connectivity index (χ1n) is 10.0. The van der Waals surface area contributed by atoms with Gasteiger partial charge in [0.25, 0.3) is 0 Å². The molecule has 2 aromatic carbocycles. The summed E-state index contributed by atoms with van der Waals surface area (Å²) >= 11 is 0. The van der Waals surface area contributed by atoms with Gasteiger partial charge in [-0.25, -0.2) is 14.5 Å². The minimum absolute atomic E-state index is 0.141. The molecule has 3 aromatic rings. The molecule has 0 bridgehead atoms. The third-order valence-corrected chi connectivity index (χ3v) is 4.73. The molecule has 0 spiro atoms. The zero-order valence-corrected chi connectivity index (χ0v) is 17.8. The number of aromatic nitrogens is 3. The van der Waals surface area contributed by atoms with Crippen LogP contribution in [-0.4, -0.2) is 25.8 Å². The van der Waals surface area contributed by atoms with E-state index < -0.39 is 5.97 Å². The summed E-state index contributed by atoms with van der Waals surface area (Å²) in [7, 11) is 0. The second-order valence-electron chi connectivity index (χ2n) is 8.85. The van der Waals surface area contributed by atoms with Gasteiger partial charge in [0.2, 0.25) is 0 Å². The highest BCUT2D eigenvalue weighted by Gasteiger charge is 2.21. The van der Waals surface area contributed by atoms with Gasteiger partial charge in [0, 0.05) is 12.8 Å². The van der Waals surface area contributed by atoms with Gasteiger partial charge in [-0.05, 0) is 49.4 Å². The largest absolute Gasteiger partial charge is 0.478 e. The molecular formula is C24H29N3O2. The van der Waals surface area contributed by atoms with E-state index in [0.29, 0.717) is 17.9 Å². The van der Waals surface area contributed by atoms with Crippen molar-refractivity contribution in [1.82, 2.24) is 14.8 Å². The topological polar surface area (TPSA) is 68.0 Å². The molecule has 0 aliphatic heterocycles. The van der Waals surface area contributed by atoms with Crippen LogP contribution in [0.1, 0.15) is 62.2 Å². The zero-order chi connectivity index (χ0) is 21.2. The van der Waals surface area contributed by atoms with E-state index in [0.717, 1.165) is 34.8 Å². The maximum Gasteiger partial charge on any atom is 0.336 e. The van der Waals surface area contributed by atoms with Gasteiger partial charge in [-0.3, -0.25) is 0 Å². The summed E-state index contributed by atoms with van der Waals surface area (Å²) in [5.41, 5.74) is 2.91. The van der Waals surface area contributed by atoms with Gasteiger partial charge in [0.1, 0.15) is 5.82 Å². The Morgan fingerprint density at radius 1 is 1.07 bits per heavy atom. The van der Waals surface area contributed by atoms with Crippen LogP contribution in [0.5, 0.6) is 0 Å². The number of carbonyl (C=O) groups is 1. The van der Waals surface area contributed by atoms with Crippen LogP contribution in [0.3, 0.4) is 0 Å². The zero-order valence-electron chi connectivity index (χ0n) is 17.8. The van der Waals surface area contributed by atoms with Gasteiger partial charge in [0.05, 0.1) is 11.1 Å². The predicted octanol–water partition coefficient (Wildman–Crippen LogP) is 5.19. The lowest BCUT2D eigenvalue weighted by atomic mass is 9.98. The maximum absolute atomic E-state index is 11.5. The highest BCUT2D eigenvalue weighted by atomic mass is 16.4. The Kier molecular flexibility index (Phi) is 5.87. The van der Waals surface area contributed by atoms with E-state index >= 15 is 0 Å². The van der Waals surface area contributed by atoms with Crippen molar-refractivity contribution in [3.05, 3.63) is 71.3 Å². The van der Waals surface area contributed by atoms with Crippen LogP contribution < -0.4 is 0 Å². The summed E-state index contributed by atoms with van der Waals surface area (Å²) < 4.78 is 2.03. The van der Waals surface area contributed by atoms with Crippen LogP contribution in [0.25, 0.3) is 11.1 Å². The van der Waals surface area contributed by atoms with Crippen LogP contribution in [0, 0.1) is 5.92 Å². The molecule has 5 heteroatoms. The lowest BCUT2D eigenvalue weighted by Gasteiger charge is -2.21. The quantitative estimate of drug-likeness (QED) is 0.628. The molecule has 0 saturated carbocycles. The van der Waals surface area contributed by atoms with E-state index in [1.165, 1.54) is 0 Å². The number of nitrogens with zero attached hydrogens (tertiary/aromatic N) is 3. The molecule has 0 radical (unpaired) electrons. The van der Waals surface area contributed by atoms with E-state index in [2.05, 4.69) is 34.6 Å². The first kappa shape index (κ1) is 20.8.